The first-order valence-corrected chi connectivity index (χ1v) is 8.18. The molecule has 6 nitrogen and oxygen atoms in total. The van der Waals surface area contributed by atoms with E-state index < -0.39 is 0 Å². The second kappa shape index (κ2) is 9.97. The minimum atomic E-state index is -0.126. The highest BCUT2D eigenvalue weighted by Crippen LogP contribution is 2.22. The Bertz CT molecular complexity index is 638. The fourth-order valence-corrected chi connectivity index (χ4v) is 2.88. The predicted octanol–water partition coefficient (Wildman–Crippen LogP) is 2.60. The largest absolute Gasteiger partial charge is 0.378 e. The maximum absolute atomic E-state index is 12.4. The lowest BCUT2D eigenvalue weighted by molar-refractivity contribution is -0.123. The number of imidazole rings is 1. The van der Waals surface area contributed by atoms with Gasteiger partial charge in [-0.3, -0.25) is 4.79 Å². The van der Waals surface area contributed by atoms with Crippen molar-refractivity contribution in [3.63, 3.8) is 0 Å². The second-order valence-corrected chi connectivity index (χ2v) is 6.36. The lowest BCUT2D eigenvalue weighted by Crippen LogP contribution is -2.45. The number of H-pyrrole nitrogens is 1. The maximum atomic E-state index is 12.4. The number of hydrogen-bond donors (Lipinski definition) is 3. The van der Waals surface area contributed by atoms with E-state index in [-0.39, 0.29) is 48.7 Å². The average Bonchev–Trinajstić information content (AvgIpc) is 2.97. The minimum Gasteiger partial charge on any atom is -0.378 e. The molecule has 8 heteroatoms. The van der Waals surface area contributed by atoms with Gasteiger partial charge in [0.15, 0.2) is 0 Å². The molecule has 3 rings (SSSR count). The standard InChI is InChI=1S/C17H24N4O2.2ClH/c1-11(2)16(17-19-13-5-3-4-6-14(13)20-17)21-15(22)9-12-10-23-8-7-18-12;;/h3-6,11-12,16,18H,7-10H2,1-2H3,(H,19,20)(H,21,22);2*1H. The fraction of sp³-hybridized carbons (Fsp3) is 0.529. The molecule has 1 aliphatic heterocycles. The fourth-order valence-electron chi connectivity index (χ4n) is 2.88. The van der Waals surface area contributed by atoms with Crippen molar-refractivity contribution in [2.75, 3.05) is 19.8 Å². The third-order valence-corrected chi connectivity index (χ3v) is 4.12. The third kappa shape index (κ3) is 5.57. The van der Waals surface area contributed by atoms with Crippen LogP contribution >= 0.6 is 24.8 Å². The summed E-state index contributed by atoms with van der Waals surface area (Å²) in [4.78, 5) is 20.3. The van der Waals surface area contributed by atoms with E-state index >= 15 is 0 Å². The van der Waals surface area contributed by atoms with Crippen LogP contribution < -0.4 is 10.6 Å². The van der Waals surface area contributed by atoms with Gasteiger partial charge < -0.3 is 20.4 Å². The van der Waals surface area contributed by atoms with Crippen LogP contribution in [0.2, 0.25) is 0 Å². The Morgan fingerprint density at radius 3 is 2.76 bits per heavy atom. The van der Waals surface area contributed by atoms with Gasteiger partial charge >= 0.3 is 0 Å². The number of fused-ring (bicyclic) bond motifs is 1. The van der Waals surface area contributed by atoms with Crippen LogP contribution in [0.25, 0.3) is 11.0 Å². The van der Waals surface area contributed by atoms with Crippen LogP contribution in [0.1, 0.15) is 32.1 Å². The molecule has 2 unspecified atom stereocenters. The first-order valence-electron chi connectivity index (χ1n) is 8.18. The number of para-hydroxylation sites is 2. The maximum Gasteiger partial charge on any atom is 0.222 e. The van der Waals surface area contributed by atoms with Gasteiger partial charge in [0.1, 0.15) is 5.82 Å². The molecule has 1 amide bonds. The first kappa shape index (κ1) is 21.7. The SMILES string of the molecule is CC(C)C(NC(=O)CC1COCCN1)c1nc2ccccc2[nH]1.Cl.Cl. The zero-order valence-corrected chi connectivity index (χ0v) is 16.1. The Hall–Kier alpha value is -1.34. The van der Waals surface area contributed by atoms with Crippen molar-refractivity contribution in [1.29, 1.82) is 0 Å². The van der Waals surface area contributed by atoms with Gasteiger partial charge in [0.2, 0.25) is 5.91 Å². The summed E-state index contributed by atoms with van der Waals surface area (Å²) in [6, 6.07) is 7.87. The van der Waals surface area contributed by atoms with Crippen molar-refractivity contribution < 1.29 is 9.53 Å². The van der Waals surface area contributed by atoms with Gasteiger partial charge in [-0.15, -0.1) is 24.8 Å². The van der Waals surface area contributed by atoms with Gasteiger partial charge in [-0.25, -0.2) is 4.98 Å². The van der Waals surface area contributed by atoms with E-state index in [9.17, 15) is 4.79 Å². The van der Waals surface area contributed by atoms with Gasteiger partial charge in [-0.1, -0.05) is 26.0 Å². The second-order valence-electron chi connectivity index (χ2n) is 6.36. The number of carbonyl (C=O) groups excluding carboxylic acids is 1. The Balaban J connectivity index is 0.00000156. The van der Waals surface area contributed by atoms with E-state index in [1.807, 2.05) is 24.3 Å². The number of nitrogens with zero attached hydrogens (tertiary/aromatic N) is 1. The number of rotatable bonds is 5. The summed E-state index contributed by atoms with van der Waals surface area (Å²) < 4.78 is 5.40. The van der Waals surface area contributed by atoms with Gasteiger partial charge in [-0.05, 0) is 18.1 Å². The van der Waals surface area contributed by atoms with Gasteiger partial charge in [-0.2, -0.15) is 0 Å². The molecule has 0 bridgehead atoms. The molecule has 1 saturated heterocycles. The number of halogens is 2. The number of aromatic amines is 1. The molecule has 0 saturated carbocycles. The zero-order chi connectivity index (χ0) is 16.2. The minimum absolute atomic E-state index is 0. The van der Waals surface area contributed by atoms with Crippen molar-refractivity contribution in [2.45, 2.75) is 32.4 Å². The van der Waals surface area contributed by atoms with E-state index in [0.29, 0.717) is 19.6 Å². The molecule has 2 aromatic rings. The van der Waals surface area contributed by atoms with E-state index in [0.717, 1.165) is 23.4 Å². The van der Waals surface area contributed by atoms with Gasteiger partial charge in [0.25, 0.3) is 0 Å². The third-order valence-electron chi connectivity index (χ3n) is 4.12. The number of benzene rings is 1. The van der Waals surface area contributed by atoms with Crippen LogP contribution in [0.15, 0.2) is 24.3 Å². The quantitative estimate of drug-likeness (QED) is 0.735. The number of hydrogen-bond acceptors (Lipinski definition) is 4. The molecule has 1 aromatic heterocycles. The number of carbonyl (C=O) groups is 1. The van der Waals surface area contributed by atoms with Crippen LogP contribution in [0.5, 0.6) is 0 Å². The first-order chi connectivity index (χ1) is 11.1. The number of amides is 1. The van der Waals surface area contributed by atoms with Crippen LogP contribution in [0.4, 0.5) is 0 Å². The lowest BCUT2D eigenvalue weighted by atomic mass is 10.0. The number of nitrogens with one attached hydrogen (secondary N) is 3. The summed E-state index contributed by atoms with van der Waals surface area (Å²) in [5.41, 5.74) is 1.91. The van der Waals surface area contributed by atoms with Crippen LogP contribution in [0.3, 0.4) is 0 Å². The molecule has 0 aliphatic carbocycles. The molecule has 3 N–H and O–H groups in total. The highest BCUT2D eigenvalue weighted by atomic mass is 35.5. The molecule has 1 fully saturated rings. The molecule has 1 aliphatic rings. The number of aromatic nitrogens is 2. The summed E-state index contributed by atoms with van der Waals surface area (Å²) in [6.07, 6.45) is 0.420. The highest BCUT2D eigenvalue weighted by Gasteiger charge is 2.24. The Kier molecular flexibility index (Phi) is 8.65. The van der Waals surface area contributed by atoms with Gasteiger partial charge in [0.05, 0.1) is 30.3 Å². The van der Waals surface area contributed by atoms with Crippen LogP contribution in [0, 0.1) is 5.92 Å². The molecular weight excluding hydrogens is 363 g/mol. The van der Waals surface area contributed by atoms with Crippen molar-refractivity contribution in [2.24, 2.45) is 5.92 Å². The summed E-state index contributed by atoms with van der Waals surface area (Å²) >= 11 is 0. The Morgan fingerprint density at radius 1 is 1.36 bits per heavy atom. The molecule has 0 spiro atoms. The monoisotopic (exact) mass is 388 g/mol. The highest BCUT2D eigenvalue weighted by molar-refractivity contribution is 5.85. The number of morpholine rings is 1. The molecule has 140 valence electrons. The zero-order valence-electron chi connectivity index (χ0n) is 14.5. The molecule has 2 atom stereocenters. The smallest absolute Gasteiger partial charge is 0.222 e. The average molecular weight is 389 g/mol. The molecule has 1 aromatic carbocycles. The van der Waals surface area contributed by atoms with Crippen molar-refractivity contribution >= 4 is 41.8 Å². The molecular formula is C17H26Cl2N4O2. The Labute approximate surface area is 160 Å². The molecule has 25 heavy (non-hydrogen) atoms. The lowest BCUT2D eigenvalue weighted by Gasteiger charge is -2.25. The van der Waals surface area contributed by atoms with E-state index in [1.54, 1.807) is 0 Å². The summed E-state index contributed by atoms with van der Waals surface area (Å²) in [5, 5.41) is 6.42. The van der Waals surface area contributed by atoms with E-state index in [1.165, 1.54) is 0 Å². The normalized spacial score (nSPS) is 18.3. The van der Waals surface area contributed by atoms with Gasteiger partial charge in [0, 0.05) is 19.0 Å². The van der Waals surface area contributed by atoms with Crippen molar-refractivity contribution in [3.8, 4) is 0 Å². The number of ether oxygens (including phenoxy) is 1. The van der Waals surface area contributed by atoms with E-state index in [4.69, 9.17) is 4.74 Å². The molecule has 0 radical (unpaired) electrons. The summed E-state index contributed by atoms with van der Waals surface area (Å²) in [6.45, 7) is 6.27. The summed E-state index contributed by atoms with van der Waals surface area (Å²) in [5.74, 6) is 1.07. The predicted molar refractivity (Wildman–Crippen MR) is 104 cm³/mol. The topological polar surface area (TPSA) is 79.0 Å². The van der Waals surface area contributed by atoms with Crippen molar-refractivity contribution in [3.05, 3.63) is 30.1 Å². The summed E-state index contributed by atoms with van der Waals surface area (Å²) in [7, 11) is 0. The van der Waals surface area contributed by atoms with Crippen molar-refractivity contribution in [1.82, 2.24) is 20.6 Å². The van der Waals surface area contributed by atoms with Crippen LogP contribution in [-0.4, -0.2) is 41.7 Å². The van der Waals surface area contributed by atoms with Crippen LogP contribution in [-0.2, 0) is 9.53 Å². The Morgan fingerprint density at radius 2 is 2.12 bits per heavy atom. The van der Waals surface area contributed by atoms with E-state index in [2.05, 4.69) is 34.4 Å². The molecule has 2 heterocycles.